The van der Waals surface area contributed by atoms with Gasteiger partial charge in [-0.05, 0) is 31.9 Å². The Kier molecular flexibility index (Phi) is 5.46. The van der Waals surface area contributed by atoms with Crippen molar-refractivity contribution in [2.75, 3.05) is 11.9 Å². The minimum absolute atomic E-state index is 0.124. The molecule has 1 rings (SSSR count). The zero-order valence-electron chi connectivity index (χ0n) is 9.22. The van der Waals surface area contributed by atoms with Gasteiger partial charge in [-0.1, -0.05) is 27.6 Å². The average molecular weight is 288 g/mol. The van der Waals surface area contributed by atoms with E-state index in [4.69, 9.17) is 0 Å². The molecule has 1 aromatic rings. The first-order chi connectivity index (χ1) is 7.65. The Balaban J connectivity index is 2.55. The van der Waals surface area contributed by atoms with Crippen molar-refractivity contribution in [1.29, 1.82) is 0 Å². The van der Waals surface area contributed by atoms with Crippen LogP contribution in [0.4, 0.5) is 4.39 Å². The number of benzene rings is 1. The standard InChI is InChI=1S/C12H15BrFNO/c1-9-4-5-11(14)10(8-9)12(16)15-7-3-2-6-13/h4-5,8H,2-3,6-7H2,1H3,(H,15,16). The van der Waals surface area contributed by atoms with E-state index in [0.717, 1.165) is 23.7 Å². The zero-order valence-corrected chi connectivity index (χ0v) is 10.8. The van der Waals surface area contributed by atoms with Crippen LogP contribution in [0.2, 0.25) is 0 Å². The van der Waals surface area contributed by atoms with Gasteiger partial charge in [-0.2, -0.15) is 0 Å². The molecule has 0 unspecified atom stereocenters. The van der Waals surface area contributed by atoms with E-state index < -0.39 is 5.82 Å². The molecule has 0 radical (unpaired) electrons. The summed E-state index contributed by atoms with van der Waals surface area (Å²) in [5.74, 6) is -0.806. The fourth-order valence-corrected chi connectivity index (χ4v) is 1.73. The topological polar surface area (TPSA) is 29.1 Å². The highest BCUT2D eigenvalue weighted by atomic mass is 79.9. The van der Waals surface area contributed by atoms with Gasteiger partial charge in [0.1, 0.15) is 5.82 Å². The largest absolute Gasteiger partial charge is 0.352 e. The van der Waals surface area contributed by atoms with E-state index in [1.54, 1.807) is 12.1 Å². The fraction of sp³-hybridized carbons (Fsp3) is 0.417. The maximum Gasteiger partial charge on any atom is 0.254 e. The van der Waals surface area contributed by atoms with Crippen LogP contribution in [0.1, 0.15) is 28.8 Å². The summed E-state index contributed by atoms with van der Waals surface area (Å²) in [5.41, 5.74) is 1.01. The number of nitrogens with one attached hydrogen (secondary N) is 1. The van der Waals surface area contributed by atoms with Crippen molar-refractivity contribution in [3.63, 3.8) is 0 Å². The molecule has 0 heterocycles. The molecule has 2 nitrogen and oxygen atoms in total. The van der Waals surface area contributed by atoms with E-state index in [0.29, 0.717) is 6.54 Å². The average Bonchev–Trinajstić information content (AvgIpc) is 2.27. The summed E-state index contributed by atoms with van der Waals surface area (Å²) in [6, 6.07) is 4.54. The van der Waals surface area contributed by atoms with Gasteiger partial charge in [-0.15, -0.1) is 0 Å². The SMILES string of the molecule is Cc1ccc(F)c(C(=O)NCCCCBr)c1. The molecule has 0 aliphatic rings. The van der Waals surface area contributed by atoms with Crippen LogP contribution in [0.3, 0.4) is 0 Å². The van der Waals surface area contributed by atoms with Crippen molar-refractivity contribution in [2.24, 2.45) is 0 Å². The Labute approximate surface area is 103 Å². The molecular formula is C12H15BrFNO. The van der Waals surface area contributed by atoms with Crippen LogP contribution < -0.4 is 5.32 Å². The third kappa shape index (κ3) is 3.93. The van der Waals surface area contributed by atoms with Crippen LogP contribution in [-0.2, 0) is 0 Å². The van der Waals surface area contributed by atoms with E-state index in [9.17, 15) is 9.18 Å². The maximum atomic E-state index is 13.3. The highest BCUT2D eigenvalue weighted by molar-refractivity contribution is 9.09. The van der Waals surface area contributed by atoms with Crippen LogP contribution >= 0.6 is 15.9 Å². The number of alkyl halides is 1. The molecule has 1 amide bonds. The molecule has 0 spiro atoms. The van der Waals surface area contributed by atoms with Crippen LogP contribution in [0.15, 0.2) is 18.2 Å². The van der Waals surface area contributed by atoms with Crippen molar-refractivity contribution >= 4 is 21.8 Å². The molecule has 0 atom stereocenters. The van der Waals surface area contributed by atoms with E-state index in [-0.39, 0.29) is 11.5 Å². The predicted molar refractivity (Wildman–Crippen MR) is 66.5 cm³/mol. The lowest BCUT2D eigenvalue weighted by Crippen LogP contribution is -2.25. The number of rotatable bonds is 5. The van der Waals surface area contributed by atoms with Gasteiger partial charge in [-0.25, -0.2) is 4.39 Å². The van der Waals surface area contributed by atoms with Crippen molar-refractivity contribution in [3.05, 3.63) is 35.1 Å². The molecular weight excluding hydrogens is 273 g/mol. The van der Waals surface area contributed by atoms with Gasteiger partial charge in [0.15, 0.2) is 0 Å². The molecule has 0 aliphatic heterocycles. The lowest BCUT2D eigenvalue weighted by molar-refractivity contribution is 0.0949. The maximum absolute atomic E-state index is 13.3. The van der Waals surface area contributed by atoms with Gasteiger partial charge in [0.2, 0.25) is 0 Å². The molecule has 0 aliphatic carbocycles. The molecule has 0 bridgehead atoms. The minimum atomic E-state index is -0.469. The summed E-state index contributed by atoms with van der Waals surface area (Å²) >= 11 is 3.31. The van der Waals surface area contributed by atoms with Crippen molar-refractivity contribution < 1.29 is 9.18 Å². The molecule has 4 heteroatoms. The summed E-state index contributed by atoms with van der Waals surface area (Å²) in [7, 11) is 0. The summed E-state index contributed by atoms with van der Waals surface area (Å²) in [6.07, 6.45) is 1.89. The van der Waals surface area contributed by atoms with Gasteiger partial charge < -0.3 is 5.32 Å². The lowest BCUT2D eigenvalue weighted by atomic mass is 10.1. The summed E-state index contributed by atoms with van der Waals surface area (Å²) in [4.78, 5) is 11.6. The van der Waals surface area contributed by atoms with E-state index >= 15 is 0 Å². The molecule has 0 fully saturated rings. The Morgan fingerprint density at radius 1 is 1.44 bits per heavy atom. The summed E-state index contributed by atoms with van der Waals surface area (Å²) < 4.78 is 13.3. The van der Waals surface area contributed by atoms with Gasteiger partial charge in [-0.3, -0.25) is 4.79 Å². The Morgan fingerprint density at radius 2 is 2.19 bits per heavy atom. The highest BCUT2D eigenvalue weighted by Gasteiger charge is 2.10. The summed E-state index contributed by atoms with van der Waals surface area (Å²) in [6.45, 7) is 2.42. The number of unbranched alkanes of at least 4 members (excludes halogenated alkanes) is 1. The zero-order chi connectivity index (χ0) is 12.0. The normalized spacial score (nSPS) is 10.2. The van der Waals surface area contributed by atoms with Gasteiger partial charge in [0, 0.05) is 11.9 Å². The molecule has 1 aromatic carbocycles. The van der Waals surface area contributed by atoms with E-state index in [2.05, 4.69) is 21.2 Å². The lowest BCUT2D eigenvalue weighted by Gasteiger charge is -2.06. The second kappa shape index (κ2) is 6.63. The van der Waals surface area contributed by atoms with Gasteiger partial charge in [0.25, 0.3) is 5.91 Å². The van der Waals surface area contributed by atoms with E-state index in [1.165, 1.54) is 6.07 Å². The monoisotopic (exact) mass is 287 g/mol. The second-order valence-corrected chi connectivity index (χ2v) is 4.43. The predicted octanol–water partition coefficient (Wildman–Crippen LogP) is 3.04. The van der Waals surface area contributed by atoms with E-state index in [1.807, 2.05) is 6.92 Å². The van der Waals surface area contributed by atoms with Crippen LogP contribution in [0, 0.1) is 12.7 Å². The minimum Gasteiger partial charge on any atom is -0.352 e. The molecule has 1 N–H and O–H groups in total. The number of aryl methyl sites for hydroxylation is 1. The second-order valence-electron chi connectivity index (χ2n) is 3.64. The smallest absolute Gasteiger partial charge is 0.254 e. The fourth-order valence-electron chi connectivity index (χ4n) is 1.33. The summed E-state index contributed by atoms with van der Waals surface area (Å²) in [5, 5.41) is 3.62. The highest BCUT2D eigenvalue weighted by Crippen LogP contribution is 2.09. The molecule has 88 valence electrons. The number of hydrogen-bond acceptors (Lipinski definition) is 1. The molecule has 0 saturated carbocycles. The Morgan fingerprint density at radius 3 is 2.88 bits per heavy atom. The quantitative estimate of drug-likeness (QED) is 0.655. The number of halogens is 2. The van der Waals surface area contributed by atoms with Crippen LogP contribution in [0.5, 0.6) is 0 Å². The van der Waals surface area contributed by atoms with Crippen LogP contribution in [-0.4, -0.2) is 17.8 Å². The molecule has 0 aromatic heterocycles. The number of carbonyl (C=O) groups is 1. The molecule has 0 saturated heterocycles. The third-order valence-electron chi connectivity index (χ3n) is 2.21. The number of amides is 1. The van der Waals surface area contributed by atoms with Crippen molar-refractivity contribution in [2.45, 2.75) is 19.8 Å². The first kappa shape index (κ1) is 13.2. The van der Waals surface area contributed by atoms with Gasteiger partial charge in [0.05, 0.1) is 5.56 Å². The van der Waals surface area contributed by atoms with Gasteiger partial charge >= 0.3 is 0 Å². The Hall–Kier alpha value is -0.900. The van der Waals surface area contributed by atoms with Crippen LogP contribution in [0.25, 0.3) is 0 Å². The third-order valence-corrected chi connectivity index (χ3v) is 2.77. The first-order valence-corrected chi connectivity index (χ1v) is 6.37. The number of carbonyl (C=O) groups excluding carboxylic acids is 1. The Bertz CT molecular complexity index is 368. The first-order valence-electron chi connectivity index (χ1n) is 5.25. The molecule has 16 heavy (non-hydrogen) atoms. The van der Waals surface area contributed by atoms with Crippen molar-refractivity contribution in [1.82, 2.24) is 5.32 Å². The number of hydrogen-bond donors (Lipinski definition) is 1. The van der Waals surface area contributed by atoms with Crippen molar-refractivity contribution in [3.8, 4) is 0 Å².